The SMILES string of the molecule is CCN[C@H]1CN(CCCOC)S(=O)(=O)c2sc(S(=O)(=O)NC(=O)COC(=O)/C=C\C(=O)O[C@@H](CNC(C)(C)C)COC(=N)C(=NS)N3CCOCC3)cc21. The maximum Gasteiger partial charge on any atom is 0.331 e. The fourth-order valence-corrected chi connectivity index (χ4v) is 10.1. The molecular formula is C31H49N7O12S4. The maximum atomic E-state index is 13.3. The molecule has 4 N–H and O–H groups in total. The number of ether oxygens (including phenoxy) is 5. The molecule has 0 spiro atoms. The summed E-state index contributed by atoms with van der Waals surface area (Å²) in [4.78, 5) is 39.2. The zero-order chi connectivity index (χ0) is 40.1. The van der Waals surface area contributed by atoms with Crippen molar-refractivity contribution in [1.82, 2.24) is 24.6 Å². The average molecular weight is 840 g/mol. The second kappa shape index (κ2) is 20.7. The first-order chi connectivity index (χ1) is 25.4. The molecule has 1 amide bonds. The standard InChI is InChI=1S/C31H49N7O12S4/c1-6-33-23-18-38(10-7-13-46-5)54(44,45)30-22(23)16-27(52-30)53(42,43)36-24(39)20-48-25(40)8-9-26(41)50-21(17-34-31(2,3)4)19-49-28(32)29(35-51)37-11-14-47-15-12-37/h8-9,16,21,23,32-34,51H,6-7,10-15,17-20H2,1-5H3,(H,36,39)/b9-8-,32-28?,35-29?/t21-,23-/m0/s1. The number of carbonyl (C=O) groups is 3. The number of rotatable bonds is 17. The Hall–Kier alpha value is -3.16. The summed E-state index contributed by atoms with van der Waals surface area (Å²) in [5.74, 6) is -3.43. The number of nitrogens with one attached hydrogen (secondary N) is 4. The fourth-order valence-electron chi connectivity index (χ4n) is 5.05. The van der Waals surface area contributed by atoms with Crippen LogP contribution in [-0.4, -0.2) is 147 Å². The third-order valence-corrected chi connectivity index (χ3v) is 13.2. The summed E-state index contributed by atoms with van der Waals surface area (Å²) in [7, 11) is -7.07. The van der Waals surface area contributed by atoms with Crippen molar-refractivity contribution in [2.24, 2.45) is 4.40 Å². The van der Waals surface area contributed by atoms with E-state index in [1.165, 1.54) is 17.5 Å². The van der Waals surface area contributed by atoms with Gasteiger partial charge in [-0.3, -0.25) is 10.2 Å². The van der Waals surface area contributed by atoms with E-state index < -0.39 is 60.9 Å². The van der Waals surface area contributed by atoms with Crippen LogP contribution in [0.5, 0.6) is 0 Å². The Balaban J connectivity index is 1.57. The fraction of sp³-hybridized carbons (Fsp3) is 0.645. The predicted molar refractivity (Wildman–Crippen MR) is 202 cm³/mol. The Bertz CT molecular complexity index is 1750. The van der Waals surface area contributed by atoms with Crippen LogP contribution in [0.1, 0.15) is 45.7 Å². The minimum Gasteiger partial charge on any atom is -0.471 e. The minimum absolute atomic E-state index is 0.0847. The van der Waals surface area contributed by atoms with Crippen molar-refractivity contribution in [2.75, 3.05) is 79.4 Å². The van der Waals surface area contributed by atoms with Crippen molar-refractivity contribution >= 4 is 73.8 Å². The number of nitrogens with zero attached hydrogens (tertiary/aromatic N) is 3. The number of hydrogen-bond donors (Lipinski definition) is 5. The summed E-state index contributed by atoms with van der Waals surface area (Å²) < 4.78 is 85.4. The maximum absolute atomic E-state index is 13.3. The minimum atomic E-state index is -4.56. The molecule has 2 atom stereocenters. The van der Waals surface area contributed by atoms with Gasteiger partial charge in [-0.25, -0.2) is 31.1 Å². The number of morpholine rings is 1. The summed E-state index contributed by atoms with van der Waals surface area (Å²) in [5, 5.41) is 14.7. The van der Waals surface area contributed by atoms with Gasteiger partial charge in [0.15, 0.2) is 12.4 Å². The monoisotopic (exact) mass is 839 g/mol. The van der Waals surface area contributed by atoms with Crippen molar-refractivity contribution < 1.29 is 54.9 Å². The second-order valence-corrected chi connectivity index (χ2v) is 18.2. The number of methoxy groups -OCH3 is 1. The smallest absolute Gasteiger partial charge is 0.331 e. The van der Waals surface area contributed by atoms with Crippen molar-refractivity contribution in [3.63, 3.8) is 0 Å². The summed E-state index contributed by atoms with van der Waals surface area (Å²) in [6.45, 7) is 9.35. The van der Waals surface area contributed by atoms with Gasteiger partial charge in [-0.1, -0.05) is 6.92 Å². The lowest BCUT2D eigenvalue weighted by Crippen LogP contribution is -2.46. The Morgan fingerprint density at radius 3 is 2.50 bits per heavy atom. The highest BCUT2D eigenvalue weighted by atomic mass is 32.3. The van der Waals surface area contributed by atoms with E-state index in [1.807, 2.05) is 27.7 Å². The van der Waals surface area contributed by atoms with Gasteiger partial charge >= 0.3 is 11.9 Å². The zero-order valence-electron chi connectivity index (χ0n) is 30.8. The first-order valence-electron chi connectivity index (χ1n) is 16.9. The highest BCUT2D eigenvalue weighted by molar-refractivity contribution is 7.94. The average Bonchev–Trinajstić information content (AvgIpc) is 3.59. The van der Waals surface area contributed by atoms with Crippen LogP contribution in [-0.2, 0) is 58.1 Å². The summed E-state index contributed by atoms with van der Waals surface area (Å²) >= 11 is 4.46. The van der Waals surface area contributed by atoms with Crippen LogP contribution in [0.3, 0.4) is 0 Å². The van der Waals surface area contributed by atoms with Gasteiger partial charge in [0.2, 0.25) is 0 Å². The van der Waals surface area contributed by atoms with Gasteiger partial charge in [0, 0.05) is 75.7 Å². The molecule has 0 unspecified atom stereocenters. The quantitative estimate of drug-likeness (QED) is 0.0352. The molecule has 1 fully saturated rings. The van der Waals surface area contributed by atoms with Crippen molar-refractivity contribution in [3.05, 3.63) is 23.8 Å². The predicted octanol–water partition coefficient (Wildman–Crippen LogP) is 0.213. The Morgan fingerprint density at radius 2 is 1.87 bits per heavy atom. The molecule has 0 aliphatic carbocycles. The lowest BCUT2D eigenvalue weighted by Gasteiger charge is -2.32. The Morgan fingerprint density at radius 1 is 1.19 bits per heavy atom. The number of amides is 1. The number of amidine groups is 1. The van der Waals surface area contributed by atoms with Crippen LogP contribution in [0.15, 0.2) is 31.0 Å². The lowest BCUT2D eigenvalue weighted by molar-refractivity contribution is -0.146. The number of hydrogen-bond acceptors (Lipinski definition) is 18. The number of fused-ring (bicyclic) bond motifs is 1. The molecule has 1 saturated heterocycles. The molecule has 23 heteroatoms. The van der Waals surface area contributed by atoms with Gasteiger partial charge in [-0.15, -0.1) is 11.3 Å². The molecule has 1 aromatic rings. The van der Waals surface area contributed by atoms with E-state index >= 15 is 0 Å². The molecule has 2 aliphatic rings. The van der Waals surface area contributed by atoms with Crippen LogP contribution in [0.4, 0.5) is 0 Å². The number of esters is 2. The van der Waals surface area contributed by atoms with E-state index in [2.05, 4.69) is 27.8 Å². The summed E-state index contributed by atoms with van der Waals surface area (Å²) in [6, 6.07) is 0.723. The highest BCUT2D eigenvalue weighted by Gasteiger charge is 2.40. The topological polar surface area (TPSA) is 244 Å². The van der Waals surface area contributed by atoms with Crippen molar-refractivity contribution in [3.8, 4) is 0 Å². The Kier molecular flexibility index (Phi) is 17.3. The molecular weight excluding hydrogens is 791 g/mol. The Labute approximate surface area is 325 Å². The second-order valence-electron chi connectivity index (χ2n) is 13.0. The number of thiophene rings is 1. The third kappa shape index (κ3) is 13.5. The van der Waals surface area contributed by atoms with Crippen LogP contribution in [0, 0.1) is 5.41 Å². The molecule has 0 radical (unpaired) electrons. The number of likely N-dealkylation sites (N-methyl/N-ethyl adjacent to an activating group) is 1. The van der Waals surface area contributed by atoms with E-state index in [-0.39, 0.29) is 53.3 Å². The lowest BCUT2D eigenvalue weighted by atomic mass is 10.1. The van der Waals surface area contributed by atoms with Gasteiger partial charge in [0.1, 0.15) is 21.1 Å². The van der Waals surface area contributed by atoms with Crippen LogP contribution in [0.25, 0.3) is 0 Å². The molecule has 3 heterocycles. The highest BCUT2D eigenvalue weighted by Crippen LogP contribution is 2.40. The molecule has 2 aliphatic heterocycles. The molecule has 54 heavy (non-hydrogen) atoms. The normalized spacial score (nSPS) is 18.5. The van der Waals surface area contributed by atoms with Crippen LogP contribution in [0.2, 0.25) is 0 Å². The van der Waals surface area contributed by atoms with E-state index in [0.717, 1.165) is 6.08 Å². The zero-order valence-corrected chi connectivity index (χ0v) is 34.1. The molecule has 0 saturated carbocycles. The molecule has 19 nitrogen and oxygen atoms in total. The van der Waals surface area contributed by atoms with Gasteiger partial charge in [-0.05, 0) is 52.6 Å². The number of carbonyl (C=O) groups excluding carboxylic acids is 3. The summed E-state index contributed by atoms with van der Waals surface area (Å²) in [6.07, 6.45) is 0.982. The molecule has 0 aromatic carbocycles. The molecule has 0 bridgehead atoms. The van der Waals surface area contributed by atoms with Gasteiger partial charge in [0.05, 0.1) is 13.2 Å². The van der Waals surface area contributed by atoms with Gasteiger partial charge < -0.3 is 39.2 Å². The van der Waals surface area contributed by atoms with E-state index in [1.54, 1.807) is 9.62 Å². The van der Waals surface area contributed by atoms with Gasteiger partial charge in [-0.2, -0.15) is 8.70 Å². The number of thiol groups is 1. The third-order valence-electron chi connectivity index (χ3n) is 7.62. The molecule has 1 aromatic heterocycles. The van der Waals surface area contributed by atoms with E-state index in [4.69, 9.17) is 29.1 Å². The molecule has 304 valence electrons. The van der Waals surface area contributed by atoms with Gasteiger partial charge in [0.25, 0.3) is 31.9 Å². The van der Waals surface area contributed by atoms with Crippen molar-refractivity contribution in [2.45, 2.75) is 60.2 Å². The summed E-state index contributed by atoms with van der Waals surface area (Å²) in [5.41, 5.74) is -0.0932. The van der Waals surface area contributed by atoms with E-state index in [0.29, 0.717) is 63.3 Å². The van der Waals surface area contributed by atoms with Crippen LogP contribution < -0.4 is 15.4 Å². The first kappa shape index (κ1) is 45.2. The van der Waals surface area contributed by atoms with Crippen molar-refractivity contribution in [1.29, 1.82) is 5.41 Å². The first-order valence-corrected chi connectivity index (χ1v) is 21.0. The number of sulfonamides is 2. The largest absolute Gasteiger partial charge is 0.471 e. The molecule has 3 rings (SSSR count). The van der Waals surface area contributed by atoms with E-state index in [9.17, 15) is 31.2 Å². The van der Waals surface area contributed by atoms with Crippen LogP contribution >= 0.6 is 24.2 Å².